The molecule has 2 bridgehead atoms. The lowest BCUT2D eigenvalue weighted by Crippen LogP contribution is -2.50. The summed E-state index contributed by atoms with van der Waals surface area (Å²) in [5, 5.41) is 14.6. The molecular weight excluding hydrogens is 470 g/mol. The van der Waals surface area contributed by atoms with E-state index < -0.39 is 0 Å². The lowest BCUT2D eigenvalue weighted by Gasteiger charge is -2.39. The molecule has 4 aliphatic rings. The van der Waals surface area contributed by atoms with E-state index in [0.717, 1.165) is 68.2 Å². The van der Waals surface area contributed by atoms with Gasteiger partial charge >= 0.3 is 0 Å². The summed E-state index contributed by atoms with van der Waals surface area (Å²) in [7, 11) is 0. The normalized spacial score (nSPS) is 25.7. The number of amides is 2. The fraction of sp³-hybridized carbons (Fsp3) is 0.643. The molecule has 2 amide bonds. The number of nitrogens with zero attached hydrogens (tertiary/aromatic N) is 5. The van der Waals surface area contributed by atoms with Gasteiger partial charge < -0.3 is 19.6 Å². The number of carbonyl (C=O) groups excluding carboxylic acids is 2. The van der Waals surface area contributed by atoms with Gasteiger partial charge in [-0.05, 0) is 64.4 Å². The van der Waals surface area contributed by atoms with Crippen LogP contribution in [0.1, 0.15) is 78.7 Å². The molecule has 0 saturated carbocycles. The number of piperidine rings is 2. The predicted molar refractivity (Wildman–Crippen MR) is 136 cm³/mol. The van der Waals surface area contributed by atoms with E-state index in [2.05, 4.69) is 9.88 Å². The molecule has 6 rings (SSSR count). The van der Waals surface area contributed by atoms with Crippen LogP contribution in [0.25, 0.3) is 0 Å². The molecule has 9 nitrogen and oxygen atoms in total. The van der Waals surface area contributed by atoms with Crippen LogP contribution in [-0.4, -0.2) is 78.9 Å². The van der Waals surface area contributed by atoms with E-state index in [1.807, 2.05) is 28.6 Å². The van der Waals surface area contributed by atoms with Gasteiger partial charge in [0.05, 0.1) is 6.10 Å². The van der Waals surface area contributed by atoms with E-state index in [9.17, 15) is 14.7 Å². The summed E-state index contributed by atoms with van der Waals surface area (Å²) in [6.07, 6.45) is 10.1. The Balaban J connectivity index is 1.16. The molecule has 198 valence electrons. The summed E-state index contributed by atoms with van der Waals surface area (Å²) >= 11 is 0. The van der Waals surface area contributed by atoms with Crippen molar-refractivity contribution in [2.24, 2.45) is 0 Å². The molecule has 1 aliphatic carbocycles. The van der Waals surface area contributed by atoms with Gasteiger partial charge in [0.1, 0.15) is 12.6 Å². The van der Waals surface area contributed by atoms with Gasteiger partial charge in [0.15, 0.2) is 5.69 Å². The van der Waals surface area contributed by atoms with Gasteiger partial charge in [0.25, 0.3) is 5.91 Å². The molecule has 2 unspecified atom stereocenters. The van der Waals surface area contributed by atoms with Crippen LogP contribution in [0.5, 0.6) is 5.88 Å². The molecule has 2 aromatic heterocycles. The first-order valence-corrected chi connectivity index (χ1v) is 13.9. The molecule has 5 heterocycles. The summed E-state index contributed by atoms with van der Waals surface area (Å²) in [5.41, 5.74) is 3.62. The highest BCUT2D eigenvalue weighted by Gasteiger charge is 2.44. The number of hydrogen-bond acceptors (Lipinski definition) is 6. The van der Waals surface area contributed by atoms with Crippen LogP contribution in [0.15, 0.2) is 18.3 Å². The summed E-state index contributed by atoms with van der Waals surface area (Å²) in [6, 6.07) is 4.27. The SMILES string of the molecule is Cc1cccnc1OC1CC2CCC(C1)N2C(=O)Cn1nc(C(=O)N2CCC(O)CC2)c2c1CCCC2. The standard InChI is InChI=1S/C28H37N5O4/c1-18-5-4-12-29-27(18)37-22-15-19-8-9-20(16-22)33(19)25(35)17-32-24-7-3-2-6-23(24)26(30-32)28(36)31-13-10-21(34)11-14-31/h4-5,12,19-22,34H,2-3,6-11,13-17H2,1H3. The number of carbonyl (C=O) groups is 2. The molecule has 1 N–H and O–H groups in total. The van der Waals surface area contributed by atoms with E-state index in [4.69, 9.17) is 9.84 Å². The first kappa shape index (κ1) is 24.4. The minimum absolute atomic E-state index is 0.0564. The van der Waals surface area contributed by atoms with E-state index in [1.54, 1.807) is 6.20 Å². The number of ether oxygens (including phenoxy) is 1. The van der Waals surface area contributed by atoms with Crippen LogP contribution in [0.4, 0.5) is 0 Å². The van der Waals surface area contributed by atoms with Crippen molar-refractivity contribution in [1.29, 1.82) is 0 Å². The van der Waals surface area contributed by atoms with E-state index in [1.165, 1.54) is 0 Å². The maximum atomic E-state index is 13.6. The number of pyridine rings is 1. The summed E-state index contributed by atoms with van der Waals surface area (Å²) < 4.78 is 8.08. The van der Waals surface area contributed by atoms with E-state index >= 15 is 0 Å². The number of likely N-dealkylation sites (tertiary alicyclic amines) is 1. The zero-order chi connectivity index (χ0) is 25.5. The Kier molecular flexibility index (Phi) is 6.65. The Morgan fingerprint density at radius 1 is 1.08 bits per heavy atom. The predicted octanol–water partition coefficient (Wildman–Crippen LogP) is 2.66. The van der Waals surface area contributed by atoms with Crippen LogP contribution in [-0.2, 0) is 24.2 Å². The molecule has 0 aromatic carbocycles. The smallest absolute Gasteiger partial charge is 0.274 e. The Hall–Kier alpha value is -2.94. The van der Waals surface area contributed by atoms with Gasteiger partial charge in [-0.1, -0.05) is 6.07 Å². The molecule has 3 aliphatic heterocycles. The number of hydrogen-bond donors (Lipinski definition) is 1. The van der Waals surface area contributed by atoms with Crippen molar-refractivity contribution in [3.05, 3.63) is 40.8 Å². The molecule has 2 aromatic rings. The van der Waals surface area contributed by atoms with Crippen molar-refractivity contribution >= 4 is 11.8 Å². The molecule has 3 saturated heterocycles. The molecular formula is C28H37N5O4. The minimum Gasteiger partial charge on any atom is -0.474 e. The van der Waals surface area contributed by atoms with Crippen LogP contribution in [0, 0.1) is 6.92 Å². The van der Waals surface area contributed by atoms with Crippen LogP contribution in [0.2, 0.25) is 0 Å². The number of rotatable bonds is 5. The Bertz CT molecular complexity index is 1160. The number of fused-ring (bicyclic) bond motifs is 3. The molecule has 37 heavy (non-hydrogen) atoms. The third-order valence-corrected chi connectivity index (χ3v) is 8.71. The zero-order valence-corrected chi connectivity index (χ0v) is 21.6. The zero-order valence-electron chi connectivity index (χ0n) is 21.6. The maximum Gasteiger partial charge on any atom is 0.274 e. The highest BCUT2D eigenvalue weighted by molar-refractivity contribution is 5.94. The van der Waals surface area contributed by atoms with Gasteiger partial charge in [0, 0.05) is 61.0 Å². The van der Waals surface area contributed by atoms with Crippen molar-refractivity contribution in [3.63, 3.8) is 0 Å². The Morgan fingerprint density at radius 2 is 1.81 bits per heavy atom. The third kappa shape index (κ3) is 4.74. The third-order valence-electron chi connectivity index (χ3n) is 8.71. The van der Waals surface area contributed by atoms with Crippen LogP contribution < -0.4 is 4.74 Å². The van der Waals surface area contributed by atoms with Crippen molar-refractivity contribution in [1.82, 2.24) is 24.6 Å². The summed E-state index contributed by atoms with van der Waals surface area (Å²) in [5.74, 6) is 0.727. The van der Waals surface area contributed by atoms with Gasteiger partial charge in [-0.3, -0.25) is 14.3 Å². The fourth-order valence-electron chi connectivity index (χ4n) is 6.78. The molecule has 9 heteroatoms. The summed E-state index contributed by atoms with van der Waals surface area (Å²) in [6.45, 7) is 3.30. The monoisotopic (exact) mass is 507 g/mol. The van der Waals surface area contributed by atoms with Crippen molar-refractivity contribution in [2.45, 2.75) is 102 Å². The average Bonchev–Trinajstić information content (AvgIpc) is 3.40. The lowest BCUT2D eigenvalue weighted by molar-refractivity contribution is -0.138. The second-order valence-electron chi connectivity index (χ2n) is 11.2. The Morgan fingerprint density at radius 3 is 2.54 bits per heavy atom. The quantitative estimate of drug-likeness (QED) is 0.668. The maximum absolute atomic E-state index is 13.6. The van der Waals surface area contributed by atoms with Crippen LogP contribution >= 0.6 is 0 Å². The molecule has 0 radical (unpaired) electrons. The fourth-order valence-corrected chi connectivity index (χ4v) is 6.78. The van der Waals surface area contributed by atoms with Gasteiger partial charge in [-0.15, -0.1) is 0 Å². The summed E-state index contributed by atoms with van der Waals surface area (Å²) in [4.78, 5) is 35.3. The first-order valence-electron chi connectivity index (χ1n) is 13.9. The average molecular weight is 508 g/mol. The first-order chi connectivity index (χ1) is 18.0. The topological polar surface area (TPSA) is 101 Å². The van der Waals surface area contributed by atoms with Gasteiger partial charge in [-0.25, -0.2) is 4.98 Å². The second-order valence-corrected chi connectivity index (χ2v) is 11.2. The molecule has 2 atom stereocenters. The molecule has 3 fully saturated rings. The second kappa shape index (κ2) is 10.1. The van der Waals surface area contributed by atoms with Crippen LogP contribution in [0.3, 0.4) is 0 Å². The number of aromatic nitrogens is 3. The van der Waals surface area contributed by atoms with Crippen molar-refractivity contribution in [3.8, 4) is 5.88 Å². The molecule has 0 spiro atoms. The van der Waals surface area contributed by atoms with Gasteiger partial charge in [0.2, 0.25) is 11.8 Å². The van der Waals surface area contributed by atoms with Gasteiger partial charge in [-0.2, -0.15) is 5.10 Å². The number of aliphatic hydroxyl groups is 1. The highest BCUT2D eigenvalue weighted by atomic mass is 16.5. The number of aliphatic hydroxyl groups excluding tert-OH is 1. The highest BCUT2D eigenvalue weighted by Crippen LogP contribution is 2.38. The minimum atomic E-state index is -0.328. The van der Waals surface area contributed by atoms with Crippen molar-refractivity contribution in [2.75, 3.05) is 13.1 Å². The largest absolute Gasteiger partial charge is 0.474 e. The number of aryl methyl sites for hydroxylation is 1. The lowest BCUT2D eigenvalue weighted by atomic mass is 9.95. The van der Waals surface area contributed by atoms with E-state index in [-0.39, 0.29) is 42.7 Å². The van der Waals surface area contributed by atoms with E-state index in [0.29, 0.717) is 37.5 Å². The Labute approximate surface area is 217 Å². The van der Waals surface area contributed by atoms with Crippen molar-refractivity contribution < 1.29 is 19.4 Å².